The van der Waals surface area contributed by atoms with Gasteiger partial charge in [-0.05, 0) is 6.07 Å². The van der Waals surface area contributed by atoms with Crippen LogP contribution in [-0.4, -0.2) is 25.4 Å². The third-order valence-electron chi connectivity index (χ3n) is 2.46. The summed E-state index contributed by atoms with van der Waals surface area (Å²) in [6.45, 7) is 0. The van der Waals surface area contributed by atoms with Gasteiger partial charge >= 0.3 is 6.03 Å². The lowest BCUT2D eigenvalue weighted by atomic mass is 10.3. The highest BCUT2D eigenvalue weighted by Gasteiger charge is 2.05. The largest absolute Gasteiger partial charge is 0.389 e. The van der Waals surface area contributed by atoms with Crippen molar-refractivity contribution in [3.63, 3.8) is 0 Å². The zero-order valence-electron chi connectivity index (χ0n) is 8.70. The maximum atomic E-state index is 11.1. The minimum atomic E-state index is -0.541. The first kappa shape index (κ1) is 9.52. The molecule has 3 N–H and O–H groups in total. The molecule has 3 heterocycles. The van der Waals surface area contributed by atoms with Crippen LogP contribution in [0.4, 0.5) is 4.79 Å². The monoisotopic (exact) mass is 231 g/mol. The van der Waals surface area contributed by atoms with E-state index in [1.54, 1.807) is 35.4 Å². The Labute approximate surface area is 94.7 Å². The molecular formula is C10H9N5O2. The van der Waals surface area contributed by atoms with Gasteiger partial charge in [-0.3, -0.25) is 4.57 Å². The van der Waals surface area contributed by atoms with Crippen LogP contribution in [0.1, 0.15) is 0 Å². The Bertz CT molecular complexity index is 743. The SMILES string of the molecule is NC(=O)n1ccc2nn3cco[nH]cc3c2c1. The molecule has 86 valence electrons. The van der Waals surface area contributed by atoms with Gasteiger partial charge in [0.25, 0.3) is 0 Å². The van der Waals surface area contributed by atoms with E-state index in [1.807, 2.05) is 0 Å². The lowest BCUT2D eigenvalue weighted by Gasteiger charge is -1.98. The van der Waals surface area contributed by atoms with Crippen LogP contribution in [-0.2, 0) is 0 Å². The van der Waals surface area contributed by atoms with Gasteiger partial charge in [0, 0.05) is 17.8 Å². The second kappa shape index (κ2) is 3.41. The van der Waals surface area contributed by atoms with Crippen molar-refractivity contribution in [3.05, 3.63) is 37.1 Å². The lowest BCUT2D eigenvalue weighted by Crippen LogP contribution is -2.18. The first-order valence-electron chi connectivity index (χ1n) is 4.90. The number of nitrogens with one attached hydrogen (secondary N) is 1. The minimum absolute atomic E-state index is 0.541. The third kappa shape index (κ3) is 1.44. The molecule has 0 atom stereocenters. The molecule has 0 bridgehead atoms. The number of nitrogens with two attached hydrogens (primary N) is 1. The van der Waals surface area contributed by atoms with Gasteiger partial charge in [-0.1, -0.05) is 0 Å². The molecule has 0 aliphatic heterocycles. The number of aromatic amines is 1. The van der Waals surface area contributed by atoms with Crippen molar-refractivity contribution in [2.45, 2.75) is 0 Å². The first-order valence-corrected chi connectivity index (χ1v) is 4.90. The van der Waals surface area contributed by atoms with Gasteiger partial charge in [0.15, 0.2) is 0 Å². The smallest absolute Gasteiger partial charge is 0.322 e. The van der Waals surface area contributed by atoms with E-state index in [0.29, 0.717) is 0 Å². The van der Waals surface area contributed by atoms with Crippen molar-refractivity contribution < 1.29 is 9.32 Å². The van der Waals surface area contributed by atoms with Gasteiger partial charge in [-0.2, -0.15) is 5.10 Å². The predicted octanol–water partition coefficient (Wildman–Crippen LogP) is 1.26. The highest BCUT2D eigenvalue weighted by molar-refractivity contribution is 5.94. The fourth-order valence-electron chi connectivity index (χ4n) is 1.68. The third-order valence-corrected chi connectivity index (χ3v) is 2.46. The predicted molar refractivity (Wildman–Crippen MR) is 59.9 cm³/mol. The first-order chi connectivity index (χ1) is 8.25. The van der Waals surface area contributed by atoms with Crippen LogP contribution < -0.4 is 5.73 Å². The number of amides is 1. The van der Waals surface area contributed by atoms with E-state index in [-0.39, 0.29) is 0 Å². The maximum absolute atomic E-state index is 11.1. The number of carbonyl (C=O) groups is 1. The molecule has 0 unspecified atom stereocenters. The normalized spacial score (nSPS) is 10.8. The van der Waals surface area contributed by atoms with Crippen molar-refractivity contribution in [2.75, 3.05) is 0 Å². The number of hydrogen-bond acceptors (Lipinski definition) is 3. The molecule has 3 aromatic rings. The number of primary amides is 1. The van der Waals surface area contributed by atoms with Crippen LogP contribution in [0.15, 0.2) is 41.6 Å². The average Bonchev–Trinajstić information content (AvgIpc) is 2.51. The molecule has 7 heteroatoms. The van der Waals surface area contributed by atoms with Gasteiger partial charge in [0.05, 0.1) is 23.4 Å². The topological polar surface area (TPSA) is 94.2 Å². The molecule has 0 aliphatic rings. The number of carbonyl (C=O) groups excluding carboxylic acids is 1. The highest BCUT2D eigenvalue weighted by Crippen LogP contribution is 2.17. The van der Waals surface area contributed by atoms with E-state index in [0.717, 1.165) is 16.4 Å². The van der Waals surface area contributed by atoms with Crippen molar-refractivity contribution in [3.8, 4) is 0 Å². The quantitative estimate of drug-likeness (QED) is 0.609. The number of fused-ring (bicyclic) bond motifs is 3. The number of rotatable bonds is 0. The Morgan fingerprint density at radius 3 is 3.18 bits per heavy atom. The Balaban J connectivity index is 2.45. The van der Waals surface area contributed by atoms with Crippen molar-refractivity contribution in [1.29, 1.82) is 0 Å². The van der Waals surface area contributed by atoms with Crippen molar-refractivity contribution >= 4 is 22.5 Å². The fourth-order valence-corrected chi connectivity index (χ4v) is 1.68. The maximum Gasteiger partial charge on any atom is 0.322 e. The highest BCUT2D eigenvalue weighted by atomic mass is 16.4. The molecule has 0 aromatic carbocycles. The molecule has 1 amide bonds. The number of nitrogens with zero attached hydrogens (tertiary/aromatic N) is 3. The van der Waals surface area contributed by atoms with Gasteiger partial charge in [-0.25, -0.2) is 14.5 Å². The van der Waals surface area contributed by atoms with Crippen LogP contribution in [0.25, 0.3) is 16.4 Å². The summed E-state index contributed by atoms with van der Waals surface area (Å²) in [5.41, 5.74) is 6.76. The number of pyridine rings is 1. The molecule has 0 spiro atoms. The Kier molecular flexibility index (Phi) is 1.91. The number of hydrogen-bond donors (Lipinski definition) is 2. The van der Waals surface area contributed by atoms with Crippen LogP contribution in [0.3, 0.4) is 0 Å². The lowest BCUT2D eigenvalue weighted by molar-refractivity contribution is 0.250. The van der Waals surface area contributed by atoms with Gasteiger partial charge in [0.2, 0.25) is 0 Å². The molecule has 7 nitrogen and oxygen atoms in total. The van der Waals surface area contributed by atoms with E-state index in [2.05, 4.69) is 10.3 Å². The van der Waals surface area contributed by atoms with Crippen molar-refractivity contribution in [1.82, 2.24) is 19.3 Å². The summed E-state index contributed by atoms with van der Waals surface area (Å²) in [4.78, 5) is 11.1. The summed E-state index contributed by atoms with van der Waals surface area (Å²) in [5.74, 6) is 0. The zero-order chi connectivity index (χ0) is 11.8. The van der Waals surface area contributed by atoms with E-state index < -0.39 is 6.03 Å². The Morgan fingerprint density at radius 2 is 2.35 bits per heavy atom. The van der Waals surface area contributed by atoms with E-state index >= 15 is 0 Å². The van der Waals surface area contributed by atoms with Crippen LogP contribution >= 0.6 is 0 Å². The summed E-state index contributed by atoms with van der Waals surface area (Å²) in [6.07, 6.45) is 8.00. The number of aromatic nitrogens is 4. The Morgan fingerprint density at radius 1 is 1.47 bits per heavy atom. The minimum Gasteiger partial charge on any atom is -0.389 e. The van der Waals surface area contributed by atoms with Crippen molar-refractivity contribution in [2.24, 2.45) is 5.73 Å². The van der Waals surface area contributed by atoms with Crippen LogP contribution in [0.5, 0.6) is 0 Å². The molecular weight excluding hydrogens is 222 g/mol. The molecule has 0 saturated carbocycles. The molecule has 0 radical (unpaired) electrons. The second-order valence-electron chi connectivity index (χ2n) is 3.48. The molecule has 3 rings (SSSR count). The summed E-state index contributed by atoms with van der Waals surface area (Å²) < 4.78 is 7.87. The summed E-state index contributed by atoms with van der Waals surface area (Å²) >= 11 is 0. The summed E-state index contributed by atoms with van der Waals surface area (Å²) in [6, 6.07) is 1.18. The summed E-state index contributed by atoms with van der Waals surface area (Å²) in [5, 5.41) is 7.76. The molecule has 0 aliphatic carbocycles. The van der Waals surface area contributed by atoms with E-state index in [4.69, 9.17) is 10.3 Å². The molecule has 17 heavy (non-hydrogen) atoms. The number of H-pyrrole nitrogens is 1. The fraction of sp³-hybridized carbons (Fsp3) is 0. The van der Waals surface area contributed by atoms with Gasteiger partial charge < -0.3 is 10.3 Å². The second-order valence-corrected chi connectivity index (χ2v) is 3.48. The van der Waals surface area contributed by atoms with Gasteiger partial charge in [-0.15, -0.1) is 0 Å². The van der Waals surface area contributed by atoms with Crippen LogP contribution in [0, 0.1) is 0 Å². The molecule has 0 fully saturated rings. The van der Waals surface area contributed by atoms with Crippen LogP contribution in [0.2, 0.25) is 0 Å². The standard InChI is InChI=1S/C10H9N5O2/c11-10(16)14-2-1-8-7(6-14)9-5-12-17-4-3-15(9)13-8/h1-6,12H,(H2,11,16). The van der Waals surface area contributed by atoms with Gasteiger partial charge in [0.1, 0.15) is 6.26 Å². The zero-order valence-corrected chi connectivity index (χ0v) is 8.70. The Hall–Kier alpha value is -2.70. The molecule has 3 aromatic heterocycles. The molecule has 0 saturated heterocycles. The summed E-state index contributed by atoms with van der Waals surface area (Å²) in [7, 11) is 0. The van der Waals surface area contributed by atoms with E-state index in [1.165, 1.54) is 10.8 Å². The van der Waals surface area contributed by atoms with E-state index in [9.17, 15) is 4.79 Å². The average molecular weight is 231 g/mol.